The Morgan fingerprint density at radius 3 is 2.69 bits per heavy atom. The summed E-state index contributed by atoms with van der Waals surface area (Å²) in [6.45, 7) is 0.274. The van der Waals surface area contributed by atoms with Gasteiger partial charge in [-0.05, 0) is 59.0 Å². The first-order valence-corrected chi connectivity index (χ1v) is 10.2. The predicted octanol–water partition coefficient (Wildman–Crippen LogP) is 5.30. The van der Waals surface area contributed by atoms with Crippen molar-refractivity contribution in [3.63, 3.8) is 0 Å². The highest BCUT2D eigenvalue weighted by atomic mass is 127. The van der Waals surface area contributed by atoms with Crippen molar-refractivity contribution < 1.29 is 14.3 Å². The molecule has 0 radical (unpaired) electrons. The average Bonchev–Trinajstić information content (AvgIpc) is 2.73. The van der Waals surface area contributed by atoms with Crippen LogP contribution in [0.1, 0.15) is 21.5 Å². The number of hydrogen-bond donors (Lipinski definition) is 1. The summed E-state index contributed by atoms with van der Waals surface area (Å²) in [5.41, 5.74) is 4.59. The van der Waals surface area contributed by atoms with Gasteiger partial charge in [0.25, 0.3) is 5.91 Å². The first-order valence-electron chi connectivity index (χ1n) is 8.70. The number of amides is 1. The van der Waals surface area contributed by atoms with Gasteiger partial charge in [0.2, 0.25) is 0 Å². The number of methoxy groups -OCH3 is 1. The van der Waals surface area contributed by atoms with Crippen molar-refractivity contribution in [1.82, 2.24) is 5.43 Å². The second-order valence-corrected chi connectivity index (χ2v) is 7.62. The quantitative estimate of drug-likeness (QED) is 0.261. The Kier molecular flexibility index (Phi) is 7.48. The van der Waals surface area contributed by atoms with Crippen LogP contribution in [0.4, 0.5) is 0 Å². The molecule has 0 spiro atoms. The molecule has 0 aromatic heterocycles. The van der Waals surface area contributed by atoms with Gasteiger partial charge in [-0.3, -0.25) is 4.79 Å². The number of nitrogens with zero attached hydrogens (tertiary/aromatic N) is 1. The third-order valence-electron chi connectivity index (χ3n) is 4.02. The van der Waals surface area contributed by atoms with E-state index in [0.717, 1.165) is 9.13 Å². The molecule has 0 atom stereocenters. The van der Waals surface area contributed by atoms with Crippen molar-refractivity contribution in [3.8, 4) is 11.5 Å². The van der Waals surface area contributed by atoms with E-state index in [2.05, 4.69) is 33.1 Å². The maximum atomic E-state index is 12.2. The van der Waals surface area contributed by atoms with E-state index in [4.69, 9.17) is 21.1 Å². The fraction of sp³-hybridized carbons (Fsp3) is 0.0909. The van der Waals surface area contributed by atoms with Gasteiger partial charge >= 0.3 is 0 Å². The highest BCUT2D eigenvalue weighted by Gasteiger charge is 2.11. The van der Waals surface area contributed by atoms with Gasteiger partial charge in [0.15, 0.2) is 11.5 Å². The van der Waals surface area contributed by atoms with Crippen LogP contribution in [-0.4, -0.2) is 19.2 Å². The van der Waals surface area contributed by atoms with Gasteiger partial charge in [-0.25, -0.2) is 5.43 Å². The lowest BCUT2D eigenvalue weighted by molar-refractivity contribution is 0.0955. The molecular weight excluding hydrogens is 503 g/mol. The molecule has 0 saturated carbocycles. The number of benzene rings is 3. The van der Waals surface area contributed by atoms with Crippen LogP contribution in [0.2, 0.25) is 5.02 Å². The van der Waals surface area contributed by atoms with E-state index in [1.54, 1.807) is 25.3 Å². The topological polar surface area (TPSA) is 59.9 Å². The van der Waals surface area contributed by atoms with Crippen molar-refractivity contribution in [2.45, 2.75) is 6.61 Å². The number of hydrogen-bond acceptors (Lipinski definition) is 4. The minimum atomic E-state index is -0.291. The largest absolute Gasteiger partial charge is 0.493 e. The van der Waals surface area contributed by atoms with Crippen molar-refractivity contribution in [1.29, 1.82) is 0 Å². The third kappa shape index (κ3) is 5.71. The fourth-order valence-corrected chi connectivity index (χ4v) is 3.30. The Balaban J connectivity index is 1.75. The summed E-state index contributed by atoms with van der Waals surface area (Å²) in [6.07, 6.45) is 1.52. The average molecular weight is 521 g/mol. The molecule has 3 aromatic carbocycles. The number of ether oxygens (including phenoxy) is 2. The van der Waals surface area contributed by atoms with Crippen LogP contribution in [-0.2, 0) is 6.61 Å². The highest BCUT2D eigenvalue weighted by molar-refractivity contribution is 14.1. The lowest BCUT2D eigenvalue weighted by Gasteiger charge is -2.13. The van der Waals surface area contributed by atoms with Crippen LogP contribution in [0.3, 0.4) is 0 Å². The molecule has 148 valence electrons. The van der Waals surface area contributed by atoms with Crippen molar-refractivity contribution in [2.24, 2.45) is 5.10 Å². The van der Waals surface area contributed by atoms with E-state index in [-0.39, 0.29) is 12.5 Å². The highest BCUT2D eigenvalue weighted by Crippen LogP contribution is 2.31. The normalized spacial score (nSPS) is 10.7. The molecule has 3 aromatic rings. The molecule has 1 amide bonds. The van der Waals surface area contributed by atoms with Gasteiger partial charge in [0.1, 0.15) is 6.61 Å². The zero-order chi connectivity index (χ0) is 20.6. The van der Waals surface area contributed by atoms with E-state index in [9.17, 15) is 4.79 Å². The second kappa shape index (κ2) is 10.3. The Morgan fingerprint density at radius 1 is 1.14 bits per heavy atom. The molecule has 0 aliphatic rings. The molecule has 0 aliphatic carbocycles. The van der Waals surface area contributed by atoms with Gasteiger partial charge in [-0.15, -0.1) is 0 Å². The fourth-order valence-electron chi connectivity index (χ4n) is 2.57. The standard InChI is InChI=1S/C22H18ClIN2O3/c1-28-20-11-5-8-16(21(20)29-14-17-6-2-3-10-19(17)23)13-25-26-22(27)15-7-4-9-18(24)12-15/h2-13H,14H2,1H3,(H,26,27)/b25-13-. The number of halogens is 2. The molecule has 0 saturated heterocycles. The molecule has 1 N–H and O–H groups in total. The lowest BCUT2D eigenvalue weighted by atomic mass is 10.2. The summed E-state index contributed by atoms with van der Waals surface area (Å²) in [4.78, 5) is 12.2. The smallest absolute Gasteiger partial charge is 0.271 e. The van der Waals surface area contributed by atoms with Gasteiger partial charge in [-0.1, -0.05) is 41.9 Å². The summed E-state index contributed by atoms with van der Waals surface area (Å²) < 4.78 is 12.4. The molecule has 0 bridgehead atoms. The number of rotatable bonds is 7. The third-order valence-corrected chi connectivity index (χ3v) is 5.06. The molecule has 29 heavy (non-hydrogen) atoms. The first-order chi connectivity index (χ1) is 14.1. The van der Waals surface area contributed by atoms with E-state index in [0.29, 0.717) is 27.6 Å². The minimum Gasteiger partial charge on any atom is -0.493 e. The number of carbonyl (C=O) groups is 1. The van der Waals surface area contributed by atoms with Crippen LogP contribution >= 0.6 is 34.2 Å². The van der Waals surface area contributed by atoms with E-state index < -0.39 is 0 Å². The summed E-state index contributed by atoms with van der Waals surface area (Å²) in [7, 11) is 1.57. The van der Waals surface area contributed by atoms with Crippen molar-refractivity contribution in [2.75, 3.05) is 7.11 Å². The van der Waals surface area contributed by atoms with E-state index in [1.807, 2.05) is 48.5 Å². The second-order valence-electron chi connectivity index (χ2n) is 5.97. The Morgan fingerprint density at radius 2 is 1.93 bits per heavy atom. The zero-order valence-electron chi connectivity index (χ0n) is 15.6. The van der Waals surface area contributed by atoms with Crippen molar-refractivity contribution in [3.05, 3.63) is 92.0 Å². The van der Waals surface area contributed by atoms with Crippen LogP contribution in [0.5, 0.6) is 11.5 Å². The maximum absolute atomic E-state index is 12.2. The van der Waals surface area contributed by atoms with Crippen LogP contribution in [0.25, 0.3) is 0 Å². The van der Waals surface area contributed by atoms with E-state index in [1.165, 1.54) is 6.21 Å². The SMILES string of the molecule is COc1cccc(/C=N\NC(=O)c2cccc(I)c2)c1OCc1ccccc1Cl. The minimum absolute atomic E-state index is 0.274. The van der Waals surface area contributed by atoms with Crippen molar-refractivity contribution >= 4 is 46.3 Å². The Hall–Kier alpha value is -2.58. The monoisotopic (exact) mass is 520 g/mol. The maximum Gasteiger partial charge on any atom is 0.271 e. The molecular formula is C22H18ClIN2O3. The Bertz CT molecular complexity index is 1040. The molecule has 3 rings (SSSR count). The van der Waals surface area contributed by atoms with Crippen LogP contribution < -0.4 is 14.9 Å². The molecule has 0 unspecified atom stereocenters. The number of hydrazone groups is 1. The van der Waals surface area contributed by atoms with Gasteiger partial charge in [-0.2, -0.15) is 5.10 Å². The summed E-state index contributed by atoms with van der Waals surface area (Å²) in [5.74, 6) is 0.785. The van der Waals surface area contributed by atoms with Gasteiger partial charge in [0, 0.05) is 25.3 Å². The molecule has 7 heteroatoms. The number of carbonyl (C=O) groups excluding carboxylic acids is 1. The summed E-state index contributed by atoms with van der Waals surface area (Å²) in [6, 6.07) is 20.2. The number of nitrogens with one attached hydrogen (secondary N) is 1. The summed E-state index contributed by atoms with van der Waals surface area (Å²) >= 11 is 8.36. The van der Waals surface area contributed by atoms with Crippen LogP contribution in [0, 0.1) is 3.57 Å². The predicted molar refractivity (Wildman–Crippen MR) is 123 cm³/mol. The number of para-hydroxylation sites is 1. The van der Waals surface area contributed by atoms with Gasteiger partial charge < -0.3 is 9.47 Å². The molecule has 5 nitrogen and oxygen atoms in total. The Labute approximate surface area is 187 Å². The lowest BCUT2D eigenvalue weighted by Crippen LogP contribution is -2.17. The molecule has 0 fully saturated rings. The van der Waals surface area contributed by atoms with E-state index >= 15 is 0 Å². The first kappa shape index (κ1) is 21.1. The van der Waals surface area contributed by atoms with Gasteiger partial charge in [0.05, 0.1) is 13.3 Å². The molecule has 0 aliphatic heterocycles. The summed E-state index contributed by atoms with van der Waals surface area (Å²) in [5, 5.41) is 4.69. The zero-order valence-corrected chi connectivity index (χ0v) is 18.5. The molecule has 0 heterocycles. The van der Waals surface area contributed by atoms with Crippen LogP contribution in [0.15, 0.2) is 71.8 Å².